The molecule has 0 radical (unpaired) electrons. The molecule has 1 N–H and O–H groups in total. The number of ether oxygens (including phenoxy) is 1. The average molecular weight is 364 g/mol. The number of piperazine rings is 1. The van der Waals surface area contributed by atoms with Gasteiger partial charge in [0.15, 0.2) is 0 Å². The maximum atomic E-state index is 11.9. The van der Waals surface area contributed by atoms with Gasteiger partial charge in [-0.25, -0.2) is 9.97 Å². The number of hydrogen-bond donors (Lipinski definition) is 1. The van der Waals surface area contributed by atoms with Crippen molar-refractivity contribution < 1.29 is 9.53 Å². The second-order valence-corrected chi connectivity index (χ2v) is 6.67. The number of methoxy groups -OCH3 is 1. The van der Waals surface area contributed by atoms with Gasteiger partial charge in [-0.15, -0.1) is 0 Å². The van der Waals surface area contributed by atoms with Crippen molar-refractivity contribution in [3.63, 3.8) is 0 Å². The first-order chi connectivity index (χ1) is 12.7. The van der Waals surface area contributed by atoms with Crippen molar-refractivity contribution in [3.05, 3.63) is 18.5 Å². The predicted octanol–water partition coefficient (Wildman–Crippen LogP) is 0.0732. The lowest BCUT2D eigenvalue weighted by Gasteiger charge is -2.34. The van der Waals surface area contributed by atoms with Gasteiger partial charge in [0.25, 0.3) is 0 Å². The van der Waals surface area contributed by atoms with Gasteiger partial charge in [0.05, 0.1) is 6.54 Å². The van der Waals surface area contributed by atoms with Gasteiger partial charge in [0.2, 0.25) is 11.9 Å². The van der Waals surface area contributed by atoms with Crippen LogP contribution in [0, 0.1) is 0 Å². The molecule has 0 aliphatic carbocycles. The number of likely N-dealkylation sites (N-methyl/N-ethyl adjacent to an activating group) is 1. The number of carbonyl (C=O) groups is 1. The van der Waals surface area contributed by atoms with Crippen molar-refractivity contribution in [2.75, 3.05) is 78.0 Å². The van der Waals surface area contributed by atoms with Crippen LogP contribution in [0.2, 0.25) is 0 Å². The number of carbonyl (C=O) groups excluding carboxylic acids is 1. The molecule has 0 aromatic carbocycles. The SMILES string of the molecule is COCCCN(C)CC(=O)NCCCN1CCN(c2ncccn2)CC1. The fraction of sp³-hybridized carbons (Fsp3) is 0.722. The highest BCUT2D eigenvalue weighted by molar-refractivity contribution is 5.77. The fourth-order valence-corrected chi connectivity index (χ4v) is 3.02. The molecule has 0 saturated carbocycles. The number of nitrogens with zero attached hydrogens (tertiary/aromatic N) is 5. The van der Waals surface area contributed by atoms with Crippen LogP contribution < -0.4 is 10.2 Å². The van der Waals surface area contributed by atoms with E-state index in [2.05, 4.69) is 25.1 Å². The quantitative estimate of drug-likeness (QED) is 0.557. The Balaban J connectivity index is 1.52. The average Bonchev–Trinajstić information content (AvgIpc) is 2.66. The molecule has 0 atom stereocenters. The monoisotopic (exact) mass is 364 g/mol. The maximum absolute atomic E-state index is 11.9. The van der Waals surface area contributed by atoms with Crippen LogP contribution >= 0.6 is 0 Å². The maximum Gasteiger partial charge on any atom is 0.234 e. The lowest BCUT2D eigenvalue weighted by atomic mass is 10.3. The van der Waals surface area contributed by atoms with Gasteiger partial charge in [-0.3, -0.25) is 14.6 Å². The lowest BCUT2D eigenvalue weighted by molar-refractivity contribution is -0.122. The number of rotatable bonds is 11. The summed E-state index contributed by atoms with van der Waals surface area (Å²) in [5.41, 5.74) is 0. The van der Waals surface area contributed by atoms with E-state index in [1.54, 1.807) is 19.5 Å². The molecular formula is C18H32N6O2. The van der Waals surface area contributed by atoms with Crippen LogP contribution in [0.5, 0.6) is 0 Å². The van der Waals surface area contributed by atoms with Crippen LogP contribution in [0.15, 0.2) is 18.5 Å². The van der Waals surface area contributed by atoms with E-state index < -0.39 is 0 Å². The van der Waals surface area contributed by atoms with E-state index in [-0.39, 0.29) is 5.91 Å². The first kappa shape index (κ1) is 20.5. The first-order valence-corrected chi connectivity index (χ1v) is 9.37. The molecule has 146 valence electrons. The van der Waals surface area contributed by atoms with Gasteiger partial charge < -0.3 is 15.0 Å². The zero-order valence-electron chi connectivity index (χ0n) is 16.1. The van der Waals surface area contributed by atoms with Crippen molar-refractivity contribution in [1.29, 1.82) is 0 Å². The molecule has 1 fully saturated rings. The summed E-state index contributed by atoms with van der Waals surface area (Å²) < 4.78 is 5.02. The van der Waals surface area contributed by atoms with Crippen molar-refractivity contribution in [1.82, 2.24) is 25.1 Å². The Labute approximate surface area is 156 Å². The van der Waals surface area contributed by atoms with E-state index in [0.717, 1.165) is 71.2 Å². The highest BCUT2D eigenvalue weighted by Crippen LogP contribution is 2.09. The summed E-state index contributed by atoms with van der Waals surface area (Å²) in [6, 6.07) is 1.84. The Bertz CT molecular complexity index is 508. The van der Waals surface area contributed by atoms with Crippen molar-refractivity contribution in [2.24, 2.45) is 0 Å². The predicted molar refractivity (Wildman–Crippen MR) is 102 cm³/mol. The summed E-state index contributed by atoms with van der Waals surface area (Å²) in [5.74, 6) is 0.907. The molecule has 2 heterocycles. The van der Waals surface area contributed by atoms with E-state index in [9.17, 15) is 4.79 Å². The Morgan fingerprint density at radius 1 is 1.23 bits per heavy atom. The zero-order chi connectivity index (χ0) is 18.6. The number of nitrogens with one attached hydrogen (secondary N) is 1. The van der Waals surface area contributed by atoms with E-state index in [4.69, 9.17) is 4.74 Å². The second kappa shape index (κ2) is 11.8. The molecule has 2 rings (SSSR count). The van der Waals surface area contributed by atoms with Crippen LogP contribution in [0.3, 0.4) is 0 Å². The molecule has 1 amide bonds. The summed E-state index contributed by atoms with van der Waals surface area (Å²) >= 11 is 0. The summed E-state index contributed by atoms with van der Waals surface area (Å²) in [4.78, 5) is 27.2. The Morgan fingerprint density at radius 2 is 1.96 bits per heavy atom. The van der Waals surface area contributed by atoms with Crippen molar-refractivity contribution in [3.8, 4) is 0 Å². The minimum absolute atomic E-state index is 0.0935. The third-order valence-electron chi connectivity index (χ3n) is 4.48. The van der Waals surface area contributed by atoms with E-state index in [1.807, 2.05) is 18.0 Å². The first-order valence-electron chi connectivity index (χ1n) is 9.37. The molecule has 1 aliphatic rings. The minimum Gasteiger partial charge on any atom is -0.385 e. The van der Waals surface area contributed by atoms with Crippen LogP contribution in [-0.4, -0.2) is 98.8 Å². The van der Waals surface area contributed by atoms with Crippen LogP contribution in [0.4, 0.5) is 5.95 Å². The third-order valence-corrected chi connectivity index (χ3v) is 4.48. The minimum atomic E-state index is 0.0935. The van der Waals surface area contributed by atoms with Crippen LogP contribution in [0.1, 0.15) is 12.8 Å². The van der Waals surface area contributed by atoms with Gasteiger partial charge in [-0.2, -0.15) is 0 Å². The van der Waals surface area contributed by atoms with Gasteiger partial charge in [0.1, 0.15) is 0 Å². The molecule has 1 aliphatic heterocycles. The standard InChI is InChI=1S/C18H32N6O2/c1-22(9-5-15-26-2)16-17(25)19-8-4-10-23-11-13-24(14-12-23)18-20-6-3-7-21-18/h3,6-7H,4-5,8-16H2,1-2H3,(H,19,25). The largest absolute Gasteiger partial charge is 0.385 e. The van der Waals surface area contributed by atoms with Gasteiger partial charge in [-0.1, -0.05) is 0 Å². The Morgan fingerprint density at radius 3 is 2.65 bits per heavy atom. The zero-order valence-corrected chi connectivity index (χ0v) is 16.1. The molecule has 1 aromatic rings. The van der Waals surface area contributed by atoms with Gasteiger partial charge >= 0.3 is 0 Å². The summed E-state index contributed by atoms with van der Waals surface area (Å²) in [7, 11) is 3.66. The normalized spacial score (nSPS) is 15.4. The summed E-state index contributed by atoms with van der Waals surface area (Å²) in [6.45, 7) is 7.69. The van der Waals surface area contributed by atoms with E-state index in [1.165, 1.54) is 0 Å². The lowest BCUT2D eigenvalue weighted by Crippen LogP contribution is -2.47. The third kappa shape index (κ3) is 7.63. The molecule has 1 aromatic heterocycles. The number of amides is 1. The molecular weight excluding hydrogens is 332 g/mol. The fourth-order valence-electron chi connectivity index (χ4n) is 3.02. The molecule has 8 heteroatoms. The van der Waals surface area contributed by atoms with Crippen molar-refractivity contribution in [2.45, 2.75) is 12.8 Å². The molecule has 26 heavy (non-hydrogen) atoms. The molecule has 0 spiro atoms. The second-order valence-electron chi connectivity index (χ2n) is 6.67. The molecule has 1 saturated heterocycles. The number of hydrogen-bond acceptors (Lipinski definition) is 7. The van der Waals surface area contributed by atoms with E-state index >= 15 is 0 Å². The van der Waals surface area contributed by atoms with Crippen LogP contribution in [-0.2, 0) is 9.53 Å². The topological polar surface area (TPSA) is 73.8 Å². The van der Waals surface area contributed by atoms with Crippen LogP contribution in [0.25, 0.3) is 0 Å². The van der Waals surface area contributed by atoms with Gasteiger partial charge in [-0.05, 0) is 32.5 Å². The molecule has 8 nitrogen and oxygen atoms in total. The van der Waals surface area contributed by atoms with E-state index in [0.29, 0.717) is 6.54 Å². The highest BCUT2D eigenvalue weighted by Gasteiger charge is 2.18. The molecule has 0 unspecified atom stereocenters. The smallest absolute Gasteiger partial charge is 0.234 e. The van der Waals surface area contributed by atoms with Crippen molar-refractivity contribution >= 4 is 11.9 Å². The summed E-state index contributed by atoms with van der Waals surface area (Å²) in [5, 5.41) is 3.01. The van der Waals surface area contributed by atoms with Gasteiger partial charge in [0, 0.05) is 65.4 Å². The molecule has 0 bridgehead atoms. The number of aromatic nitrogens is 2. The summed E-state index contributed by atoms with van der Waals surface area (Å²) in [6.07, 6.45) is 5.49. The Kier molecular flexibility index (Phi) is 9.30. The Hall–Kier alpha value is -1.77. The highest BCUT2D eigenvalue weighted by atomic mass is 16.5. The number of anilines is 1.